The zero-order valence-corrected chi connectivity index (χ0v) is 20.1. The van der Waals surface area contributed by atoms with Crippen molar-refractivity contribution in [1.82, 2.24) is 28.5 Å². The minimum absolute atomic E-state index is 0.132. The summed E-state index contributed by atoms with van der Waals surface area (Å²) in [6, 6.07) is 5.34. The molecule has 36 heavy (non-hydrogen) atoms. The van der Waals surface area contributed by atoms with Gasteiger partial charge in [0.25, 0.3) is 0 Å². The van der Waals surface area contributed by atoms with Crippen molar-refractivity contribution >= 4 is 39.5 Å². The zero-order valence-electron chi connectivity index (χ0n) is 19.3. The molecule has 13 heteroatoms. The Bertz CT molecular complexity index is 1570. The predicted molar refractivity (Wildman–Crippen MR) is 134 cm³/mol. The number of halogens is 2. The number of aryl methyl sites for hydroxylation is 1. The molecule has 0 bridgehead atoms. The molecular formula is C23H21F2N9OS. The van der Waals surface area contributed by atoms with E-state index in [1.54, 1.807) is 30.2 Å². The molecule has 0 fully saturated rings. The molecule has 0 saturated heterocycles. The Balaban J connectivity index is 1.38. The molecule has 0 aliphatic rings. The van der Waals surface area contributed by atoms with Crippen LogP contribution in [0.3, 0.4) is 0 Å². The molecule has 1 aromatic carbocycles. The summed E-state index contributed by atoms with van der Waals surface area (Å²) in [7, 11) is 1.61. The van der Waals surface area contributed by atoms with Crippen LogP contribution in [-0.4, -0.2) is 46.5 Å². The van der Waals surface area contributed by atoms with Gasteiger partial charge in [0, 0.05) is 36.8 Å². The van der Waals surface area contributed by atoms with E-state index in [0.29, 0.717) is 28.7 Å². The highest BCUT2D eigenvalue weighted by Gasteiger charge is 2.15. The third kappa shape index (κ3) is 4.78. The van der Waals surface area contributed by atoms with Gasteiger partial charge in [-0.2, -0.15) is 9.47 Å². The second-order valence-corrected chi connectivity index (χ2v) is 8.69. The number of nitrogens with one attached hydrogen (secondary N) is 2. The Morgan fingerprint density at radius 2 is 2.03 bits per heavy atom. The van der Waals surface area contributed by atoms with Gasteiger partial charge in [0.2, 0.25) is 0 Å². The van der Waals surface area contributed by atoms with Crippen LogP contribution in [0.25, 0.3) is 16.9 Å². The molecule has 10 nitrogen and oxygen atoms in total. The van der Waals surface area contributed by atoms with Crippen LogP contribution >= 0.6 is 11.5 Å². The van der Waals surface area contributed by atoms with Gasteiger partial charge in [0.15, 0.2) is 23.1 Å². The number of aliphatic hydroxyl groups excluding tert-OH is 1. The summed E-state index contributed by atoms with van der Waals surface area (Å²) in [6.45, 7) is 2.04. The van der Waals surface area contributed by atoms with Gasteiger partial charge in [0.1, 0.15) is 10.8 Å². The van der Waals surface area contributed by atoms with E-state index in [1.807, 2.05) is 23.7 Å². The van der Waals surface area contributed by atoms with Crippen LogP contribution in [0, 0.1) is 18.6 Å². The molecule has 0 spiro atoms. The standard InChI is InChI=1S/C23H21F2N9OS/c1-13-9-34-19(8-27-23(34)22(29-13)31-21-6-16(12-35)32-36-21)14-7-28-33(10-14)11-20(26-2)30-15-3-4-17(24)18(25)5-15/h3-10,35H,11-12H2,1-2H3,(H,26,30)(H,29,31). The van der Waals surface area contributed by atoms with Gasteiger partial charge >= 0.3 is 0 Å². The quantitative estimate of drug-likeness (QED) is 0.224. The fourth-order valence-electron chi connectivity index (χ4n) is 3.61. The Kier molecular flexibility index (Phi) is 6.40. The highest BCUT2D eigenvalue weighted by atomic mass is 32.1. The van der Waals surface area contributed by atoms with E-state index in [-0.39, 0.29) is 13.2 Å². The Hall–Kier alpha value is -4.23. The molecule has 0 saturated carbocycles. The second kappa shape index (κ2) is 9.79. The highest BCUT2D eigenvalue weighted by Crippen LogP contribution is 2.27. The van der Waals surface area contributed by atoms with Crippen molar-refractivity contribution in [3.8, 4) is 11.3 Å². The molecule has 4 aromatic heterocycles. The van der Waals surface area contributed by atoms with Crippen LogP contribution in [-0.2, 0) is 13.2 Å². The van der Waals surface area contributed by atoms with Gasteiger partial charge in [-0.3, -0.25) is 14.1 Å². The monoisotopic (exact) mass is 509 g/mol. The van der Waals surface area contributed by atoms with Crippen LogP contribution in [0.1, 0.15) is 11.4 Å². The molecule has 184 valence electrons. The van der Waals surface area contributed by atoms with Gasteiger partial charge < -0.3 is 15.7 Å². The topological polar surface area (TPSA) is 118 Å². The normalized spacial score (nSPS) is 11.9. The first-order valence-electron chi connectivity index (χ1n) is 10.8. The second-order valence-electron chi connectivity index (χ2n) is 7.88. The first-order chi connectivity index (χ1) is 17.4. The van der Waals surface area contributed by atoms with Gasteiger partial charge in [-0.15, -0.1) is 0 Å². The van der Waals surface area contributed by atoms with E-state index in [0.717, 1.165) is 34.1 Å². The molecule has 0 aliphatic heterocycles. The molecule has 4 heterocycles. The van der Waals surface area contributed by atoms with E-state index < -0.39 is 11.6 Å². The summed E-state index contributed by atoms with van der Waals surface area (Å²) in [5.74, 6) is -0.761. The molecular weight excluding hydrogens is 488 g/mol. The third-order valence-corrected chi connectivity index (χ3v) is 6.04. The van der Waals surface area contributed by atoms with Crippen molar-refractivity contribution in [2.75, 3.05) is 17.7 Å². The molecule has 0 unspecified atom stereocenters. The van der Waals surface area contributed by atoms with Gasteiger partial charge in [-0.05, 0) is 36.7 Å². The lowest BCUT2D eigenvalue weighted by Gasteiger charge is -2.10. The lowest BCUT2D eigenvalue weighted by atomic mass is 10.3. The van der Waals surface area contributed by atoms with Crippen molar-refractivity contribution in [2.24, 2.45) is 4.99 Å². The number of imidazole rings is 1. The van der Waals surface area contributed by atoms with Crippen molar-refractivity contribution in [3.05, 3.63) is 72.1 Å². The first kappa shape index (κ1) is 23.5. The molecule has 5 rings (SSSR count). The Morgan fingerprint density at radius 3 is 2.78 bits per heavy atom. The van der Waals surface area contributed by atoms with Crippen molar-refractivity contribution in [2.45, 2.75) is 20.1 Å². The maximum absolute atomic E-state index is 13.5. The number of hydrogen-bond donors (Lipinski definition) is 3. The molecule has 0 atom stereocenters. The largest absolute Gasteiger partial charge is 0.390 e. The number of hydrogen-bond acceptors (Lipinski definition) is 8. The maximum atomic E-state index is 13.5. The smallest absolute Gasteiger partial charge is 0.180 e. The minimum Gasteiger partial charge on any atom is -0.390 e. The lowest BCUT2D eigenvalue weighted by Crippen LogP contribution is -2.19. The van der Waals surface area contributed by atoms with E-state index in [2.05, 4.69) is 35.1 Å². The maximum Gasteiger partial charge on any atom is 0.180 e. The fraction of sp³-hybridized carbons (Fsp3) is 0.174. The molecule has 5 aromatic rings. The number of aliphatic imine (C=N–C) groups is 1. The van der Waals surface area contributed by atoms with E-state index in [4.69, 9.17) is 0 Å². The van der Waals surface area contributed by atoms with Crippen molar-refractivity contribution in [3.63, 3.8) is 0 Å². The fourth-order valence-corrected chi connectivity index (χ4v) is 4.27. The summed E-state index contributed by atoms with van der Waals surface area (Å²) in [4.78, 5) is 13.3. The van der Waals surface area contributed by atoms with E-state index in [1.165, 1.54) is 17.6 Å². The van der Waals surface area contributed by atoms with Crippen molar-refractivity contribution < 1.29 is 13.9 Å². The molecule has 3 N–H and O–H groups in total. The zero-order chi connectivity index (χ0) is 25.2. The summed E-state index contributed by atoms with van der Waals surface area (Å²) < 4.78 is 34.5. The number of rotatable bonds is 7. The number of amidine groups is 1. The van der Waals surface area contributed by atoms with Crippen LogP contribution < -0.4 is 10.6 Å². The molecule has 0 radical (unpaired) electrons. The lowest BCUT2D eigenvalue weighted by molar-refractivity contribution is 0.278. The summed E-state index contributed by atoms with van der Waals surface area (Å²) in [6.07, 6.45) is 7.19. The van der Waals surface area contributed by atoms with Gasteiger partial charge in [-0.25, -0.2) is 18.7 Å². The number of fused-ring (bicyclic) bond motifs is 1. The number of aromatic nitrogens is 6. The van der Waals surface area contributed by atoms with E-state index in [9.17, 15) is 13.9 Å². The highest BCUT2D eigenvalue weighted by molar-refractivity contribution is 7.10. The number of nitrogens with zero attached hydrogens (tertiary/aromatic N) is 7. The minimum atomic E-state index is -0.938. The summed E-state index contributed by atoms with van der Waals surface area (Å²) >= 11 is 1.23. The Labute approximate surface area is 208 Å². The van der Waals surface area contributed by atoms with Crippen LogP contribution in [0.4, 0.5) is 25.3 Å². The summed E-state index contributed by atoms with van der Waals surface area (Å²) in [5, 5.41) is 20.7. The molecule has 0 aliphatic carbocycles. The SMILES string of the molecule is CN=C(Cn1cc(-c2cnc3c(Nc4cc(CO)ns4)nc(C)cn23)cn1)Nc1ccc(F)c(F)c1. The van der Waals surface area contributed by atoms with Crippen LogP contribution in [0.15, 0.2) is 54.0 Å². The third-order valence-electron chi connectivity index (χ3n) is 5.29. The molecule has 0 amide bonds. The number of anilines is 3. The average Bonchev–Trinajstić information content (AvgIpc) is 3.60. The predicted octanol–water partition coefficient (Wildman–Crippen LogP) is 4.01. The Morgan fingerprint density at radius 1 is 1.17 bits per heavy atom. The first-order valence-corrected chi connectivity index (χ1v) is 11.6. The summed E-state index contributed by atoms with van der Waals surface area (Å²) in [5.41, 5.74) is 4.00. The average molecular weight is 510 g/mol. The van der Waals surface area contributed by atoms with E-state index >= 15 is 0 Å². The van der Waals surface area contributed by atoms with Crippen LogP contribution in [0.2, 0.25) is 0 Å². The van der Waals surface area contributed by atoms with Gasteiger partial charge in [0.05, 0.1) is 42.6 Å². The van der Waals surface area contributed by atoms with Crippen LogP contribution in [0.5, 0.6) is 0 Å². The van der Waals surface area contributed by atoms with Gasteiger partial charge in [-0.1, -0.05) is 0 Å². The number of benzene rings is 1. The number of aliphatic hydroxyl groups is 1. The van der Waals surface area contributed by atoms with Crippen molar-refractivity contribution in [1.29, 1.82) is 0 Å².